The Hall–Kier alpha value is -3.63. The summed E-state index contributed by atoms with van der Waals surface area (Å²) < 4.78 is 11.6. The number of methoxy groups -OCH3 is 1. The highest BCUT2D eigenvalue weighted by Gasteiger charge is 2.27. The van der Waals surface area contributed by atoms with E-state index in [1.54, 1.807) is 30.7 Å². The molecule has 1 aromatic heterocycles. The maximum Gasteiger partial charge on any atom is 0.254 e. The minimum Gasteiger partial charge on any atom is -0.493 e. The van der Waals surface area contributed by atoms with Gasteiger partial charge in [-0.2, -0.15) is 5.26 Å². The Bertz CT molecular complexity index is 1370. The Morgan fingerprint density at radius 1 is 1.11 bits per heavy atom. The van der Waals surface area contributed by atoms with Crippen molar-refractivity contribution in [2.24, 2.45) is 4.99 Å². The first-order valence-corrected chi connectivity index (χ1v) is 14.3. The quantitative estimate of drug-likeness (QED) is 0.323. The van der Waals surface area contributed by atoms with Crippen LogP contribution in [-0.2, 0) is 19.4 Å². The van der Waals surface area contributed by atoms with Crippen molar-refractivity contribution >= 4 is 28.5 Å². The summed E-state index contributed by atoms with van der Waals surface area (Å²) in [6.07, 6.45) is 11.8. The molecule has 196 valence electrons. The number of benzene rings is 2. The molecule has 0 atom stereocenters. The fraction of sp³-hybridized carbons (Fsp3) is 0.387. The summed E-state index contributed by atoms with van der Waals surface area (Å²) >= 11 is 1.65. The van der Waals surface area contributed by atoms with Crippen LogP contribution in [0.15, 0.2) is 47.5 Å². The Balaban J connectivity index is 1.35. The number of nitriles is 1. The molecule has 0 aliphatic heterocycles. The van der Waals surface area contributed by atoms with Crippen molar-refractivity contribution in [3.05, 3.63) is 75.2 Å². The number of rotatable bonds is 8. The van der Waals surface area contributed by atoms with Gasteiger partial charge in [0.1, 0.15) is 11.6 Å². The van der Waals surface area contributed by atoms with E-state index in [9.17, 15) is 10.1 Å². The van der Waals surface area contributed by atoms with Gasteiger partial charge in [-0.1, -0.05) is 37.5 Å². The van der Waals surface area contributed by atoms with E-state index in [4.69, 9.17) is 14.5 Å². The van der Waals surface area contributed by atoms with E-state index in [0.717, 1.165) is 60.2 Å². The molecule has 0 saturated heterocycles. The Morgan fingerprint density at radius 2 is 1.92 bits per heavy atom. The largest absolute Gasteiger partial charge is 0.493 e. The van der Waals surface area contributed by atoms with E-state index < -0.39 is 0 Å². The maximum absolute atomic E-state index is 13.4. The zero-order valence-electron chi connectivity index (χ0n) is 21.8. The Morgan fingerprint density at radius 3 is 2.74 bits per heavy atom. The molecule has 38 heavy (non-hydrogen) atoms. The Labute approximate surface area is 228 Å². The molecule has 0 spiro atoms. The first-order chi connectivity index (χ1) is 18.7. The van der Waals surface area contributed by atoms with Gasteiger partial charge >= 0.3 is 0 Å². The van der Waals surface area contributed by atoms with Crippen LogP contribution in [0.1, 0.15) is 82.4 Å². The maximum atomic E-state index is 13.4. The van der Waals surface area contributed by atoms with Gasteiger partial charge in [0, 0.05) is 22.7 Å². The van der Waals surface area contributed by atoms with Crippen LogP contribution in [0.3, 0.4) is 0 Å². The average molecular weight is 528 g/mol. The van der Waals surface area contributed by atoms with Crippen LogP contribution in [-0.4, -0.2) is 25.3 Å². The average Bonchev–Trinajstić information content (AvgIpc) is 3.34. The van der Waals surface area contributed by atoms with Gasteiger partial charge in [0.05, 0.1) is 24.3 Å². The second-order valence-corrected chi connectivity index (χ2v) is 11.0. The number of nitrogens with one attached hydrogen (secondary N) is 1. The van der Waals surface area contributed by atoms with Crippen molar-refractivity contribution < 1.29 is 14.3 Å². The number of ether oxygens (including phenoxy) is 2. The number of aliphatic imine (C=N–C) groups is 1. The molecular formula is C31H33N3O3S. The summed E-state index contributed by atoms with van der Waals surface area (Å²) in [6, 6.07) is 15.5. The standard InChI is InChI=1S/C31H33N3O3S/c1-36-27-17-21(15-16-26(27)37-20-23-10-6-5-9-22(23)18-32)19-33-31-29(25-13-7-8-14-28(25)38-31)30(35)34-24-11-3-2-4-12-24/h5-6,9-10,15-17,19,24H,2-4,7-8,11-14,20H2,1H3,(H,34,35). The number of aryl methyl sites for hydroxylation is 1. The molecule has 2 aliphatic carbocycles. The molecule has 7 heteroatoms. The van der Waals surface area contributed by atoms with Crippen LogP contribution in [0.25, 0.3) is 0 Å². The molecule has 6 nitrogen and oxygen atoms in total. The van der Waals surface area contributed by atoms with Crippen molar-refractivity contribution in [2.45, 2.75) is 70.4 Å². The first-order valence-electron chi connectivity index (χ1n) is 13.4. The lowest BCUT2D eigenvalue weighted by molar-refractivity contribution is 0.0927. The normalized spacial score (nSPS) is 15.6. The van der Waals surface area contributed by atoms with Gasteiger partial charge < -0.3 is 14.8 Å². The van der Waals surface area contributed by atoms with E-state index >= 15 is 0 Å². The SMILES string of the molecule is COc1cc(C=Nc2sc3c(c2C(=O)NC2CCCCC2)CCCC3)ccc1OCc1ccccc1C#N. The number of amides is 1. The smallest absolute Gasteiger partial charge is 0.254 e. The Kier molecular flexibility index (Phi) is 8.40. The fourth-order valence-electron chi connectivity index (χ4n) is 5.31. The summed E-state index contributed by atoms with van der Waals surface area (Å²) in [7, 11) is 1.60. The predicted octanol–water partition coefficient (Wildman–Crippen LogP) is 6.90. The van der Waals surface area contributed by atoms with E-state index in [1.165, 1.54) is 29.7 Å². The van der Waals surface area contributed by atoms with Crippen molar-refractivity contribution in [2.75, 3.05) is 7.11 Å². The molecule has 2 aromatic carbocycles. The molecule has 5 rings (SSSR count). The van der Waals surface area contributed by atoms with Crippen LogP contribution >= 0.6 is 11.3 Å². The molecule has 1 fully saturated rings. The van der Waals surface area contributed by atoms with Gasteiger partial charge in [-0.05, 0) is 73.9 Å². The summed E-state index contributed by atoms with van der Waals surface area (Å²) in [6.45, 7) is 0.272. The number of hydrogen-bond donors (Lipinski definition) is 1. The lowest BCUT2D eigenvalue weighted by Crippen LogP contribution is -2.36. The molecule has 0 bridgehead atoms. The number of nitrogens with zero attached hydrogens (tertiary/aromatic N) is 2. The molecule has 0 unspecified atom stereocenters. The summed E-state index contributed by atoms with van der Waals surface area (Å²) in [5.74, 6) is 1.21. The molecule has 0 radical (unpaired) electrons. The van der Waals surface area contributed by atoms with Crippen LogP contribution in [0.4, 0.5) is 5.00 Å². The van der Waals surface area contributed by atoms with Crippen molar-refractivity contribution in [1.29, 1.82) is 5.26 Å². The van der Waals surface area contributed by atoms with E-state index in [-0.39, 0.29) is 18.6 Å². The number of hydrogen-bond acceptors (Lipinski definition) is 6. The molecule has 1 N–H and O–H groups in total. The second-order valence-electron chi connectivity index (χ2n) is 9.93. The fourth-order valence-corrected chi connectivity index (χ4v) is 6.54. The van der Waals surface area contributed by atoms with Gasteiger partial charge in [0.25, 0.3) is 5.91 Å². The molecule has 2 aliphatic rings. The number of thiophene rings is 1. The van der Waals surface area contributed by atoms with Crippen LogP contribution in [0, 0.1) is 11.3 Å². The van der Waals surface area contributed by atoms with Gasteiger partial charge in [-0.15, -0.1) is 11.3 Å². The number of carbonyl (C=O) groups excluding carboxylic acids is 1. The lowest BCUT2D eigenvalue weighted by atomic mass is 9.93. The highest BCUT2D eigenvalue weighted by atomic mass is 32.1. The van der Waals surface area contributed by atoms with E-state index in [0.29, 0.717) is 17.1 Å². The minimum absolute atomic E-state index is 0.0300. The molecule has 1 heterocycles. The third-order valence-electron chi connectivity index (χ3n) is 7.36. The summed E-state index contributed by atoms with van der Waals surface area (Å²) in [5, 5.41) is 13.4. The zero-order chi connectivity index (χ0) is 26.3. The van der Waals surface area contributed by atoms with Crippen LogP contribution in [0.5, 0.6) is 11.5 Å². The van der Waals surface area contributed by atoms with E-state index in [2.05, 4.69) is 11.4 Å². The predicted molar refractivity (Wildman–Crippen MR) is 151 cm³/mol. The molecule has 3 aromatic rings. The monoisotopic (exact) mass is 527 g/mol. The molecule has 1 saturated carbocycles. The van der Waals surface area contributed by atoms with Crippen molar-refractivity contribution in [3.8, 4) is 17.6 Å². The van der Waals surface area contributed by atoms with Gasteiger partial charge in [0.15, 0.2) is 11.5 Å². The molecule has 1 amide bonds. The van der Waals surface area contributed by atoms with Gasteiger partial charge in [-0.25, -0.2) is 4.99 Å². The first kappa shape index (κ1) is 26.0. The van der Waals surface area contributed by atoms with E-state index in [1.807, 2.05) is 36.4 Å². The van der Waals surface area contributed by atoms with Crippen LogP contribution in [0.2, 0.25) is 0 Å². The third-order valence-corrected chi connectivity index (χ3v) is 8.56. The highest BCUT2D eigenvalue weighted by molar-refractivity contribution is 7.16. The van der Waals surface area contributed by atoms with Gasteiger partial charge in [0.2, 0.25) is 0 Å². The third kappa shape index (κ3) is 5.92. The zero-order valence-corrected chi connectivity index (χ0v) is 22.6. The topological polar surface area (TPSA) is 83.7 Å². The number of carbonyl (C=O) groups is 1. The lowest BCUT2D eigenvalue weighted by Gasteiger charge is -2.23. The van der Waals surface area contributed by atoms with Gasteiger partial charge in [-0.3, -0.25) is 4.79 Å². The van der Waals surface area contributed by atoms with Crippen molar-refractivity contribution in [3.63, 3.8) is 0 Å². The second kappa shape index (κ2) is 12.3. The molecular weight excluding hydrogens is 494 g/mol. The summed E-state index contributed by atoms with van der Waals surface area (Å²) in [5.41, 5.74) is 4.24. The summed E-state index contributed by atoms with van der Waals surface area (Å²) in [4.78, 5) is 19.5. The van der Waals surface area contributed by atoms with Crippen molar-refractivity contribution in [1.82, 2.24) is 5.32 Å². The highest BCUT2D eigenvalue weighted by Crippen LogP contribution is 2.40. The van der Waals surface area contributed by atoms with Crippen LogP contribution < -0.4 is 14.8 Å². The number of fused-ring (bicyclic) bond motifs is 1. The minimum atomic E-state index is 0.0300.